The van der Waals surface area contributed by atoms with Gasteiger partial charge in [-0.3, -0.25) is 9.59 Å². The summed E-state index contributed by atoms with van der Waals surface area (Å²) in [6, 6.07) is 14.0. The van der Waals surface area contributed by atoms with Gasteiger partial charge in [-0.2, -0.15) is 5.26 Å². The first kappa shape index (κ1) is 24.5. The van der Waals surface area contributed by atoms with Crippen molar-refractivity contribution >= 4 is 44.9 Å². The molecule has 0 radical (unpaired) electrons. The van der Waals surface area contributed by atoms with Gasteiger partial charge in [-0.15, -0.1) is 0 Å². The van der Waals surface area contributed by atoms with E-state index in [0.717, 1.165) is 0 Å². The van der Waals surface area contributed by atoms with Gasteiger partial charge >= 0.3 is 0 Å². The zero-order valence-corrected chi connectivity index (χ0v) is 20.7. The van der Waals surface area contributed by atoms with Crippen LogP contribution in [-0.4, -0.2) is 48.5 Å². The van der Waals surface area contributed by atoms with E-state index in [-0.39, 0.29) is 28.8 Å². The SMILES string of the molecule is CC(C(=O)N1C[C@H](S(=O)(=O)c2ccccc2Cl)C[C@H]1C(=O)NC1(C#N)CC1)c1ccc(Cl)cc1. The molecule has 0 bridgehead atoms. The van der Waals surface area contributed by atoms with Crippen molar-refractivity contribution in [1.29, 1.82) is 5.26 Å². The van der Waals surface area contributed by atoms with Gasteiger partial charge in [-0.05, 0) is 56.0 Å². The summed E-state index contributed by atoms with van der Waals surface area (Å²) in [6.45, 7) is 1.55. The summed E-state index contributed by atoms with van der Waals surface area (Å²) in [4.78, 5) is 27.9. The fourth-order valence-electron chi connectivity index (χ4n) is 4.22. The zero-order chi connectivity index (χ0) is 24.7. The summed E-state index contributed by atoms with van der Waals surface area (Å²) < 4.78 is 26.8. The third kappa shape index (κ3) is 4.65. The molecule has 0 aromatic heterocycles. The van der Waals surface area contributed by atoms with Crippen molar-refractivity contribution in [3.8, 4) is 6.07 Å². The van der Waals surface area contributed by atoms with Crippen LogP contribution in [0.3, 0.4) is 0 Å². The van der Waals surface area contributed by atoms with Crippen molar-refractivity contribution < 1.29 is 18.0 Å². The molecule has 2 aromatic carbocycles. The number of carbonyl (C=O) groups excluding carboxylic acids is 2. The lowest BCUT2D eigenvalue weighted by atomic mass is 9.99. The lowest BCUT2D eigenvalue weighted by Crippen LogP contribution is -2.50. The van der Waals surface area contributed by atoms with Crippen LogP contribution in [0.5, 0.6) is 0 Å². The van der Waals surface area contributed by atoms with Crippen LogP contribution in [0.25, 0.3) is 0 Å². The first-order valence-electron chi connectivity index (χ1n) is 10.9. The molecule has 1 heterocycles. The van der Waals surface area contributed by atoms with Crippen molar-refractivity contribution in [2.24, 2.45) is 0 Å². The lowest BCUT2D eigenvalue weighted by Gasteiger charge is -2.27. The monoisotopic (exact) mass is 519 g/mol. The van der Waals surface area contributed by atoms with E-state index >= 15 is 0 Å². The number of hydrogen-bond acceptors (Lipinski definition) is 5. The maximum atomic E-state index is 13.5. The Balaban J connectivity index is 1.65. The second-order valence-corrected chi connectivity index (χ2v) is 11.8. The molecule has 2 fully saturated rings. The number of nitrogens with zero attached hydrogens (tertiary/aromatic N) is 2. The van der Waals surface area contributed by atoms with Gasteiger partial charge in [0.25, 0.3) is 0 Å². The highest BCUT2D eigenvalue weighted by molar-refractivity contribution is 7.92. The second-order valence-electron chi connectivity index (χ2n) is 8.80. The molecule has 1 aliphatic carbocycles. The molecule has 1 saturated carbocycles. The molecule has 7 nitrogen and oxygen atoms in total. The number of likely N-dealkylation sites (tertiary alicyclic amines) is 1. The number of amides is 2. The molecule has 1 N–H and O–H groups in total. The zero-order valence-electron chi connectivity index (χ0n) is 18.4. The molecule has 2 aliphatic rings. The predicted octanol–water partition coefficient (Wildman–Crippen LogP) is 3.71. The van der Waals surface area contributed by atoms with Gasteiger partial charge in [0, 0.05) is 11.6 Å². The Morgan fingerprint density at radius 1 is 1.15 bits per heavy atom. The minimum absolute atomic E-state index is 0.0310. The molecule has 2 amide bonds. The van der Waals surface area contributed by atoms with Gasteiger partial charge < -0.3 is 10.2 Å². The Morgan fingerprint density at radius 2 is 1.79 bits per heavy atom. The van der Waals surface area contributed by atoms with Crippen LogP contribution >= 0.6 is 23.2 Å². The molecule has 1 saturated heterocycles. The first-order valence-corrected chi connectivity index (χ1v) is 13.2. The summed E-state index contributed by atoms with van der Waals surface area (Å²) in [5, 5.41) is 11.7. The van der Waals surface area contributed by atoms with E-state index in [1.54, 1.807) is 43.3 Å². The van der Waals surface area contributed by atoms with E-state index in [2.05, 4.69) is 11.4 Å². The quantitative estimate of drug-likeness (QED) is 0.625. The van der Waals surface area contributed by atoms with Crippen LogP contribution in [0.15, 0.2) is 53.4 Å². The van der Waals surface area contributed by atoms with E-state index in [4.69, 9.17) is 23.2 Å². The summed E-state index contributed by atoms with van der Waals surface area (Å²) in [7, 11) is -3.92. The Hall–Kier alpha value is -2.60. The number of carbonyl (C=O) groups is 2. The second kappa shape index (κ2) is 9.21. The van der Waals surface area contributed by atoms with Crippen molar-refractivity contribution in [3.63, 3.8) is 0 Å². The van der Waals surface area contributed by atoms with E-state index in [1.165, 1.54) is 17.0 Å². The number of halogens is 2. The van der Waals surface area contributed by atoms with Crippen molar-refractivity contribution in [2.75, 3.05) is 6.54 Å². The van der Waals surface area contributed by atoms with Gasteiger partial charge in [0.15, 0.2) is 9.84 Å². The Morgan fingerprint density at radius 3 is 2.38 bits per heavy atom. The summed E-state index contributed by atoms with van der Waals surface area (Å²) in [5.74, 6) is -1.52. The first-order chi connectivity index (χ1) is 16.1. The highest BCUT2D eigenvalue weighted by atomic mass is 35.5. The molecule has 0 spiro atoms. The Labute approximate surface area is 208 Å². The number of hydrogen-bond donors (Lipinski definition) is 1. The molecule has 178 valence electrons. The number of nitrogens with one attached hydrogen (secondary N) is 1. The smallest absolute Gasteiger partial charge is 0.244 e. The molecule has 10 heteroatoms. The predicted molar refractivity (Wildman–Crippen MR) is 128 cm³/mol. The van der Waals surface area contributed by atoms with Crippen LogP contribution in [-0.2, 0) is 19.4 Å². The van der Waals surface area contributed by atoms with Crippen LogP contribution < -0.4 is 5.32 Å². The number of benzene rings is 2. The third-order valence-corrected chi connectivity index (χ3v) is 9.38. The molecule has 1 unspecified atom stereocenters. The fourth-order valence-corrected chi connectivity index (χ4v) is 6.57. The standard InChI is InChI=1S/C24H23Cl2N3O4S/c1-15(16-6-8-17(25)9-7-16)23(31)29-13-18(34(32,33)21-5-3-2-4-19(21)26)12-20(29)22(30)28-24(14-27)10-11-24/h2-9,15,18,20H,10-13H2,1H3,(H,28,30)/t15?,18-,20+/m1/s1. The summed E-state index contributed by atoms with van der Waals surface area (Å²) >= 11 is 12.1. The maximum Gasteiger partial charge on any atom is 0.244 e. The summed E-state index contributed by atoms with van der Waals surface area (Å²) in [6.07, 6.45) is 0.969. The lowest BCUT2D eigenvalue weighted by molar-refractivity contribution is -0.139. The maximum absolute atomic E-state index is 13.5. The topological polar surface area (TPSA) is 107 Å². The van der Waals surface area contributed by atoms with Gasteiger partial charge in [0.2, 0.25) is 11.8 Å². The molecule has 1 aliphatic heterocycles. The Bertz CT molecular complexity index is 1270. The average Bonchev–Trinajstić information content (AvgIpc) is 3.43. The van der Waals surface area contributed by atoms with Crippen LogP contribution in [0.2, 0.25) is 10.0 Å². The minimum Gasteiger partial charge on any atom is -0.336 e. The molecule has 3 atom stereocenters. The van der Waals surface area contributed by atoms with Crippen LogP contribution in [0, 0.1) is 11.3 Å². The molecular formula is C24H23Cl2N3O4S. The van der Waals surface area contributed by atoms with E-state index in [0.29, 0.717) is 23.4 Å². The van der Waals surface area contributed by atoms with Gasteiger partial charge in [-0.1, -0.05) is 47.5 Å². The molecule has 4 rings (SSSR count). The molecular weight excluding hydrogens is 497 g/mol. The highest BCUT2D eigenvalue weighted by Crippen LogP contribution is 2.37. The van der Waals surface area contributed by atoms with Crippen molar-refractivity contribution in [3.05, 3.63) is 64.1 Å². The minimum atomic E-state index is -3.92. The van der Waals surface area contributed by atoms with Gasteiger partial charge in [0.1, 0.15) is 11.6 Å². The van der Waals surface area contributed by atoms with Crippen LogP contribution in [0.4, 0.5) is 0 Å². The van der Waals surface area contributed by atoms with Gasteiger partial charge in [0.05, 0.1) is 27.2 Å². The van der Waals surface area contributed by atoms with E-state index in [1.807, 2.05) is 0 Å². The normalized spacial score (nSPS) is 22.0. The fraction of sp³-hybridized carbons (Fsp3) is 0.375. The average molecular weight is 520 g/mol. The Kier molecular flexibility index (Phi) is 6.65. The number of nitriles is 1. The van der Waals surface area contributed by atoms with Crippen molar-refractivity contribution in [1.82, 2.24) is 10.2 Å². The molecule has 34 heavy (non-hydrogen) atoms. The number of rotatable bonds is 6. The van der Waals surface area contributed by atoms with Crippen LogP contribution in [0.1, 0.15) is 37.7 Å². The van der Waals surface area contributed by atoms with Crippen molar-refractivity contribution in [2.45, 2.75) is 53.8 Å². The van der Waals surface area contributed by atoms with E-state index < -0.39 is 38.5 Å². The molecule has 2 aromatic rings. The van der Waals surface area contributed by atoms with Gasteiger partial charge in [-0.25, -0.2) is 8.42 Å². The largest absolute Gasteiger partial charge is 0.336 e. The highest BCUT2D eigenvalue weighted by Gasteiger charge is 2.50. The summed E-state index contributed by atoms with van der Waals surface area (Å²) in [5.41, 5.74) is -0.241. The third-order valence-electron chi connectivity index (χ3n) is 6.50. The van der Waals surface area contributed by atoms with E-state index in [9.17, 15) is 23.3 Å². The number of sulfone groups is 1.